The number of nitrogens with one attached hydrogen (secondary N) is 1. The summed E-state index contributed by atoms with van der Waals surface area (Å²) in [5.41, 5.74) is 1.42. The maximum Gasteiger partial charge on any atom is 0.329 e. The third-order valence-electron chi connectivity index (χ3n) is 5.29. The zero-order chi connectivity index (χ0) is 19.1. The summed E-state index contributed by atoms with van der Waals surface area (Å²) in [6.07, 6.45) is 3.54. The van der Waals surface area contributed by atoms with Crippen molar-refractivity contribution in [2.45, 2.75) is 64.3 Å². The lowest BCUT2D eigenvalue weighted by Gasteiger charge is -2.34. The van der Waals surface area contributed by atoms with Crippen molar-refractivity contribution in [1.29, 1.82) is 0 Å². The molecule has 0 bridgehead atoms. The van der Waals surface area contributed by atoms with Crippen LogP contribution in [0.5, 0.6) is 0 Å². The number of amides is 1. The molecule has 26 heavy (non-hydrogen) atoms. The number of aryl methyl sites for hydroxylation is 2. The summed E-state index contributed by atoms with van der Waals surface area (Å²) in [5.74, 6) is -1.17. The third-order valence-corrected chi connectivity index (χ3v) is 5.29. The molecule has 0 aliphatic heterocycles. The van der Waals surface area contributed by atoms with Crippen LogP contribution in [0.1, 0.15) is 73.6 Å². The van der Waals surface area contributed by atoms with E-state index in [4.69, 9.17) is 0 Å². The zero-order valence-corrected chi connectivity index (χ0v) is 15.8. The minimum Gasteiger partial charge on any atom is -0.480 e. The molecule has 140 valence electrons. The van der Waals surface area contributed by atoms with E-state index in [9.17, 15) is 14.7 Å². The number of aliphatic carboxylic acids is 1. The fourth-order valence-electron chi connectivity index (χ4n) is 3.77. The van der Waals surface area contributed by atoms with E-state index in [1.165, 1.54) is 0 Å². The Morgan fingerprint density at radius 1 is 1.27 bits per heavy atom. The quantitative estimate of drug-likeness (QED) is 0.876. The van der Waals surface area contributed by atoms with Crippen LogP contribution in [0, 0.1) is 6.92 Å². The lowest BCUT2D eigenvalue weighted by Crippen LogP contribution is -2.55. The lowest BCUT2D eigenvalue weighted by molar-refractivity contribution is -0.145. The van der Waals surface area contributed by atoms with Crippen LogP contribution in [0.15, 0.2) is 6.07 Å². The predicted octanol–water partition coefficient (Wildman–Crippen LogP) is 2.92. The molecule has 0 spiro atoms. The van der Waals surface area contributed by atoms with Crippen molar-refractivity contribution in [3.63, 3.8) is 0 Å². The molecular formula is C19H26N4O3. The number of carbonyl (C=O) groups excluding carboxylic acids is 1. The number of hydrogen-bond acceptors (Lipinski definition) is 4. The second-order valence-corrected chi connectivity index (χ2v) is 7.56. The molecule has 2 N–H and O–H groups in total. The zero-order valence-electron chi connectivity index (χ0n) is 15.8. The van der Waals surface area contributed by atoms with Gasteiger partial charge in [0.25, 0.3) is 5.91 Å². The number of aromatic nitrogens is 3. The lowest BCUT2D eigenvalue weighted by atomic mass is 9.81. The first-order chi connectivity index (χ1) is 12.2. The molecule has 2 aromatic rings. The van der Waals surface area contributed by atoms with E-state index in [0.717, 1.165) is 25.0 Å². The highest BCUT2D eigenvalue weighted by atomic mass is 16.4. The summed E-state index contributed by atoms with van der Waals surface area (Å²) in [4.78, 5) is 29.7. The number of rotatable bonds is 4. The topological polar surface area (TPSA) is 97.1 Å². The van der Waals surface area contributed by atoms with Crippen LogP contribution in [-0.4, -0.2) is 37.3 Å². The van der Waals surface area contributed by atoms with Gasteiger partial charge in [0.1, 0.15) is 5.54 Å². The Bertz CT molecular complexity index is 863. The SMILES string of the molecule is Cc1nn(C)c2nc(C(C)C)cc(C(=O)NC3(C(=O)O)CCCCC3)c12. The van der Waals surface area contributed by atoms with Crippen LogP contribution < -0.4 is 5.32 Å². The molecule has 3 rings (SSSR count). The molecule has 7 heteroatoms. The molecule has 0 saturated heterocycles. The second kappa shape index (κ2) is 6.70. The van der Waals surface area contributed by atoms with Gasteiger partial charge in [-0.1, -0.05) is 33.1 Å². The number of fused-ring (bicyclic) bond motifs is 1. The Morgan fingerprint density at radius 3 is 2.50 bits per heavy atom. The number of carbonyl (C=O) groups is 2. The van der Waals surface area contributed by atoms with Gasteiger partial charge in [0.2, 0.25) is 0 Å². The fraction of sp³-hybridized carbons (Fsp3) is 0.579. The highest BCUT2D eigenvalue weighted by Crippen LogP contribution is 2.30. The van der Waals surface area contributed by atoms with Crippen molar-refractivity contribution in [2.24, 2.45) is 7.05 Å². The standard InChI is InChI=1S/C19H26N4O3/c1-11(2)14-10-13(15-12(3)22-23(4)16(15)20-14)17(24)21-19(18(25)26)8-6-5-7-9-19/h10-11H,5-9H2,1-4H3,(H,21,24)(H,25,26). The van der Waals surface area contributed by atoms with Gasteiger partial charge in [-0.15, -0.1) is 0 Å². The highest BCUT2D eigenvalue weighted by Gasteiger charge is 2.41. The number of hydrogen-bond donors (Lipinski definition) is 2. The number of nitrogens with zero attached hydrogens (tertiary/aromatic N) is 3. The Balaban J connectivity index is 2.08. The maximum atomic E-state index is 13.1. The van der Waals surface area contributed by atoms with Crippen LogP contribution in [-0.2, 0) is 11.8 Å². The van der Waals surface area contributed by atoms with Crippen LogP contribution in [0.4, 0.5) is 0 Å². The van der Waals surface area contributed by atoms with Gasteiger partial charge < -0.3 is 10.4 Å². The molecule has 0 unspecified atom stereocenters. The number of pyridine rings is 1. The van der Waals surface area contributed by atoms with Gasteiger partial charge in [0.15, 0.2) is 5.65 Å². The van der Waals surface area contributed by atoms with Gasteiger partial charge in [0.05, 0.1) is 16.6 Å². The summed E-state index contributed by atoms with van der Waals surface area (Å²) >= 11 is 0. The molecule has 1 aliphatic rings. The van der Waals surface area contributed by atoms with E-state index >= 15 is 0 Å². The summed E-state index contributed by atoms with van der Waals surface area (Å²) in [7, 11) is 1.80. The molecule has 1 saturated carbocycles. The van der Waals surface area contributed by atoms with Crippen molar-refractivity contribution in [3.8, 4) is 0 Å². The summed E-state index contributed by atoms with van der Waals surface area (Å²) in [6.45, 7) is 5.86. The van der Waals surface area contributed by atoms with Crippen LogP contribution in [0.2, 0.25) is 0 Å². The van der Waals surface area contributed by atoms with Gasteiger partial charge >= 0.3 is 5.97 Å². The molecule has 1 fully saturated rings. The van der Waals surface area contributed by atoms with Crippen molar-refractivity contribution in [1.82, 2.24) is 20.1 Å². The molecule has 0 aromatic carbocycles. The molecule has 2 aromatic heterocycles. The van der Waals surface area contributed by atoms with Gasteiger partial charge in [0, 0.05) is 12.7 Å². The summed E-state index contributed by atoms with van der Waals surface area (Å²) in [5, 5.41) is 17.7. The first-order valence-electron chi connectivity index (χ1n) is 9.15. The van der Waals surface area contributed by atoms with E-state index in [2.05, 4.69) is 15.4 Å². The molecule has 1 amide bonds. The van der Waals surface area contributed by atoms with Gasteiger partial charge in [-0.25, -0.2) is 9.78 Å². The van der Waals surface area contributed by atoms with Gasteiger partial charge in [-0.05, 0) is 31.7 Å². The third kappa shape index (κ3) is 3.06. The van der Waals surface area contributed by atoms with Crippen molar-refractivity contribution in [3.05, 3.63) is 23.0 Å². The Labute approximate surface area is 152 Å². The van der Waals surface area contributed by atoms with Crippen LogP contribution in [0.3, 0.4) is 0 Å². The molecule has 7 nitrogen and oxygen atoms in total. The Kier molecular flexibility index (Phi) is 4.73. The number of carboxylic acid groups (broad SMARTS) is 1. The van der Waals surface area contributed by atoms with Crippen molar-refractivity contribution < 1.29 is 14.7 Å². The average Bonchev–Trinajstić information content (AvgIpc) is 2.89. The van der Waals surface area contributed by atoms with Gasteiger partial charge in [-0.3, -0.25) is 9.48 Å². The Morgan fingerprint density at radius 2 is 1.92 bits per heavy atom. The molecule has 0 radical (unpaired) electrons. The second-order valence-electron chi connectivity index (χ2n) is 7.56. The summed E-state index contributed by atoms with van der Waals surface area (Å²) in [6, 6.07) is 1.77. The van der Waals surface area contributed by atoms with Crippen LogP contribution >= 0.6 is 0 Å². The van der Waals surface area contributed by atoms with E-state index in [1.807, 2.05) is 20.8 Å². The maximum absolute atomic E-state index is 13.1. The van der Waals surface area contributed by atoms with E-state index < -0.39 is 11.5 Å². The largest absolute Gasteiger partial charge is 0.480 e. The molecule has 1 aliphatic carbocycles. The van der Waals surface area contributed by atoms with Crippen LogP contribution in [0.25, 0.3) is 11.0 Å². The average molecular weight is 358 g/mol. The van der Waals surface area contributed by atoms with E-state index in [-0.39, 0.29) is 11.8 Å². The smallest absolute Gasteiger partial charge is 0.329 e. The van der Waals surface area contributed by atoms with Crippen molar-refractivity contribution in [2.75, 3.05) is 0 Å². The number of carboxylic acids is 1. The monoisotopic (exact) mass is 358 g/mol. The molecular weight excluding hydrogens is 332 g/mol. The molecule has 2 heterocycles. The minimum absolute atomic E-state index is 0.143. The minimum atomic E-state index is -1.18. The first kappa shape index (κ1) is 18.4. The normalized spacial score (nSPS) is 16.8. The fourth-order valence-corrected chi connectivity index (χ4v) is 3.77. The Hall–Kier alpha value is -2.44. The van der Waals surface area contributed by atoms with Gasteiger partial charge in [-0.2, -0.15) is 5.10 Å². The summed E-state index contributed by atoms with van der Waals surface area (Å²) < 4.78 is 1.67. The molecule has 0 atom stereocenters. The van der Waals surface area contributed by atoms with E-state index in [0.29, 0.717) is 35.1 Å². The van der Waals surface area contributed by atoms with Crippen molar-refractivity contribution >= 4 is 22.9 Å². The predicted molar refractivity (Wildman–Crippen MR) is 98.3 cm³/mol. The highest BCUT2D eigenvalue weighted by molar-refractivity contribution is 6.08. The first-order valence-corrected chi connectivity index (χ1v) is 9.15. The van der Waals surface area contributed by atoms with E-state index in [1.54, 1.807) is 17.8 Å².